The van der Waals surface area contributed by atoms with E-state index in [2.05, 4.69) is 10.2 Å². The smallest absolute Gasteiger partial charge is 0.0705 e. The second kappa shape index (κ2) is 5.54. The zero-order valence-electron chi connectivity index (χ0n) is 8.24. The quantitative estimate of drug-likeness (QED) is 0.519. The van der Waals surface area contributed by atoms with Crippen LogP contribution in [0.25, 0.3) is 0 Å². The third kappa shape index (κ3) is 3.60. The Morgan fingerprint density at radius 1 is 1.46 bits per heavy atom. The third-order valence-corrected chi connectivity index (χ3v) is 2.61. The van der Waals surface area contributed by atoms with Gasteiger partial charge in [-0.2, -0.15) is 0 Å². The first kappa shape index (κ1) is 10.9. The first-order valence-electron chi connectivity index (χ1n) is 4.95. The summed E-state index contributed by atoms with van der Waals surface area (Å²) >= 11 is 0. The molecule has 1 saturated heterocycles. The van der Waals surface area contributed by atoms with Crippen LogP contribution >= 0.6 is 0 Å². The fourth-order valence-corrected chi connectivity index (χ4v) is 1.69. The van der Waals surface area contributed by atoms with Crippen molar-refractivity contribution in [3.05, 3.63) is 0 Å². The van der Waals surface area contributed by atoms with E-state index in [1.54, 1.807) is 0 Å². The van der Waals surface area contributed by atoms with E-state index in [9.17, 15) is 5.11 Å². The summed E-state index contributed by atoms with van der Waals surface area (Å²) in [5, 5.41) is 21.4. The lowest BCUT2D eigenvalue weighted by Crippen LogP contribution is -2.35. The normalized spacial score (nSPS) is 28.6. The molecule has 4 heteroatoms. The summed E-state index contributed by atoms with van der Waals surface area (Å²) in [5.74, 6) is 0. The zero-order valence-corrected chi connectivity index (χ0v) is 8.24. The molecule has 13 heavy (non-hydrogen) atoms. The molecule has 78 valence electrons. The molecule has 0 aromatic rings. The van der Waals surface area contributed by atoms with Crippen LogP contribution in [0.1, 0.15) is 12.8 Å². The Morgan fingerprint density at radius 2 is 2.23 bits per heavy atom. The molecule has 0 amide bonds. The van der Waals surface area contributed by atoms with E-state index in [0.29, 0.717) is 6.54 Å². The van der Waals surface area contributed by atoms with Crippen molar-refractivity contribution in [1.82, 2.24) is 10.2 Å². The first-order valence-corrected chi connectivity index (χ1v) is 4.95. The second-order valence-corrected chi connectivity index (χ2v) is 3.73. The topological polar surface area (TPSA) is 55.7 Å². The predicted molar refractivity (Wildman–Crippen MR) is 51.6 cm³/mol. The maximum atomic E-state index is 9.50. The van der Waals surface area contributed by atoms with Crippen molar-refractivity contribution in [2.45, 2.75) is 25.0 Å². The number of nitrogens with one attached hydrogen (secondary N) is 1. The summed E-state index contributed by atoms with van der Waals surface area (Å²) in [6.45, 7) is 2.77. The van der Waals surface area contributed by atoms with Gasteiger partial charge in [-0.25, -0.2) is 0 Å². The maximum absolute atomic E-state index is 9.50. The van der Waals surface area contributed by atoms with E-state index in [4.69, 9.17) is 5.11 Å². The Kier molecular flexibility index (Phi) is 4.66. The van der Waals surface area contributed by atoms with Gasteiger partial charge in [-0.05, 0) is 33.0 Å². The van der Waals surface area contributed by atoms with Gasteiger partial charge in [0, 0.05) is 12.6 Å². The minimum Gasteiger partial charge on any atom is -0.395 e. The molecule has 0 aromatic carbocycles. The maximum Gasteiger partial charge on any atom is 0.0705 e. The van der Waals surface area contributed by atoms with Gasteiger partial charge in [-0.1, -0.05) is 0 Å². The van der Waals surface area contributed by atoms with Gasteiger partial charge in [-0.15, -0.1) is 0 Å². The SMILES string of the molecule is CN(CCO)CCC1NCCC1O. The zero-order chi connectivity index (χ0) is 9.68. The van der Waals surface area contributed by atoms with Crippen LogP contribution in [-0.2, 0) is 0 Å². The monoisotopic (exact) mass is 188 g/mol. The molecule has 2 atom stereocenters. The van der Waals surface area contributed by atoms with Crippen molar-refractivity contribution in [1.29, 1.82) is 0 Å². The molecule has 0 spiro atoms. The highest BCUT2D eigenvalue weighted by molar-refractivity contribution is 4.83. The molecule has 3 N–H and O–H groups in total. The van der Waals surface area contributed by atoms with Gasteiger partial charge in [-0.3, -0.25) is 0 Å². The predicted octanol–water partition coefficient (Wildman–Crippen LogP) is -0.977. The van der Waals surface area contributed by atoms with Crippen LogP contribution in [0.15, 0.2) is 0 Å². The van der Waals surface area contributed by atoms with Gasteiger partial charge in [0.2, 0.25) is 0 Å². The standard InChI is InChI=1S/C9H20N2O2/c1-11(6-7-12)5-3-8-9(13)2-4-10-8/h8-10,12-13H,2-7H2,1H3. The Bertz CT molecular complexity index is 144. The van der Waals surface area contributed by atoms with Crippen molar-refractivity contribution < 1.29 is 10.2 Å². The summed E-state index contributed by atoms with van der Waals surface area (Å²) in [6.07, 6.45) is 1.65. The molecule has 2 unspecified atom stereocenters. The lowest BCUT2D eigenvalue weighted by molar-refractivity contribution is 0.145. The number of hydrogen-bond acceptors (Lipinski definition) is 4. The van der Waals surface area contributed by atoms with E-state index in [-0.39, 0.29) is 18.8 Å². The molecule has 1 aliphatic rings. The highest BCUT2D eigenvalue weighted by atomic mass is 16.3. The molecule has 1 heterocycles. The Morgan fingerprint density at radius 3 is 2.77 bits per heavy atom. The lowest BCUT2D eigenvalue weighted by Gasteiger charge is -2.19. The summed E-state index contributed by atoms with van der Waals surface area (Å²) in [7, 11) is 1.98. The largest absolute Gasteiger partial charge is 0.395 e. The summed E-state index contributed by atoms with van der Waals surface area (Å²) < 4.78 is 0. The van der Waals surface area contributed by atoms with Gasteiger partial charge in [0.25, 0.3) is 0 Å². The van der Waals surface area contributed by atoms with Crippen LogP contribution in [0.2, 0.25) is 0 Å². The fourth-order valence-electron chi connectivity index (χ4n) is 1.69. The van der Waals surface area contributed by atoms with Crippen LogP contribution in [0.5, 0.6) is 0 Å². The van der Waals surface area contributed by atoms with Crippen LogP contribution in [0.3, 0.4) is 0 Å². The number of aliphatic hydroxyl groups is 2. The highest BCUT2D eigenvalue weighted by Crippen LogP contribution is 2.10. The molecular formula is C9H20N2O2. The number of nitrogens with zero attached hydrogens (tertiary/aromatic N) is 1. The number of hydrogen-bond donors (Lipinski definition) is 3. The van der Waals surface area contributed by atoms with Crippen LogP contribution in [-0.4, -0.2) is 60.5 Å². The summed E-state index contributed by atoms with van der Waals surface area (Å²) in [5.41, 5.74) is 0. The minimum atomic E-state index is -0.178. The van der Waals surface area contributed by atoms with Gasteiger partial charge >= 0.3 is 0 Å². The number of likely N-dealkylation sites (N-methyl/N-ethyl adjacent to an activating group) is 1. The van der Waals surface area contributed by atoms with Gasteiger partial charge in [0.1, 0.15) is 0 Å². The number of rotatable bonds is 5. The van der Waals surface area contributed by atoms with Crippen molar-refractivity contribution in [2.75, 3.05) is 33.3 Å². The second-order valence-electron chi connectivity index (χ2n) is 3.73. The average molecular weight is 188 g/mol. The fraction of sp³-hybridized carbons (Fsp3) is 1.00. The average Bonchev–Trinajstić information content (AvgIpc) is 2.48. The molecule has 1 rings (SSSR count). The Hall–Kier alpha value is -0.160. The highest BCUT2D eigenvalue weighted by Gasteiger charge is 2.23. The Labute approximate surface area is 79.6 Å². The van der Waals surface area contributed by atoms with E-state index in [1.807, 2.05) is 7.05 Å². The molecule has 4 nitrogen and oxygen atoms in total. The Balaban J connectivity index is 2.10. The van der Waals surface area contributed by atoms with E-state index in [0.717, 1.165) is 25.9 Å². The molecular weight excluding hydrogens is 168 g/mol. The van der Waals surface area contributed by atoms with E-state index >= 15 is 0 Å². The van der Waals surface area contributed by atoms with Crippen molar-refractivity contribution in [3.63, 3.8) is 0 Å². The summed E-state index contributed by atoms with van der Waals surface area (Å²) in [4.78, 5) is 2.08. The van der Waals surface area contributed by atoms with Crippen molar-refractivity contribution in [2.24, 2.45) is 0 Å². The number of aliphatic hydroxyl groups excluding tert-OH is 2. The molecule has 0 aromatic heterocycles. The molecule has 0 aliphatic carbocycles. The van der Waals surface area contributed by atoms with Gasteiger partial charge in [0.15, 0.2) is 0 Å². The van der Waals surface area contributed by atoms with Crippen LogP contribution in [0, 0.1) is 0 Å². The lowest BCUT2D eigenvalue weighted by atomic mass is 10.1. The molecule has 1 aliphatic heterocycles. The molecule has 1 fully saturated rings. The van der Waals surface area contributed by atoms with Crippen LogP contribution < -0.4 is 5.32 Å². The summed E-state index contributed by atoms with van der Waals surface area (Å²) in [6, 6.07) is 0.251. The van der Waals surface area contributed by atoms with Gasteiger partial charge in [0.05, 0.1) is 12.7 Å². The molecule has 0 radical (unpaired) electrons. The van der Waals surface area contributed by atoms with Crippen molar-refractivity contribution >= 4 is 0 Å². The van der Waals surface area contributed by atoms with E-state index < -0.39 is 0 Å². The van der Waals surface area contributed by atoms with Crippen LogP contribution in [0.4, 0.5) is 0 Å². The minimum absolute atomic E-state index is 0.178. The van der Waals surface area contributed by atoms with Gasteiger partial charge < -0.3 is 20.4 Å². The molecule has 0 bridgehead atoms. The molecule has 0 saturated carbocycles. The van der Waals surface area contributed by atoms with E-state index in [1.165, 1.54) is 0 Å². The third-order valence-electron chi connectivity index (χ3n) is 2.61. The first-order chi connectivity index (χ1) is 6.24. The van der Waals surface area contributed by atoms with Crippen molar-refractivity contribution in [3.8, 4) is 0 Å².